The van der Waals surface area contributed by atoms with Gasteiger partial charge in [0.15, 0.2) is 0 Å². The number of hydrogen-bond donors (Lipinski definition) is 1. The third-order valence-electron chi connectivity index (χ3n) is 1.40. The Morgan fingerprint density at radius 2 is 2.64 bits per heavy atom. The summed E-state index contributed by atoms with van der Waals surface area (Å²) < 4.78 is 0. The second-order valence-electron chi connectivity index (χ2n) is 2.26. The van der Waals surface area contributed by atoms with Crippen molar-refractivity contribution in [2.24, 2.45) is 5.73 Å². The van der Waals surface area contributed by atoms with Crippen LogP contribution in [0.25, 0.3) is 0 Å². The highest BCUT2D eigenvalue weighted by Gasteiger charge is 2.06. The molecule has 0 saturated carbocycles. The fourth-order valence-corrected chi connectivity index (χ4v) is 1.95. The van der Waals surface area contributed by atoms with E-state index in [2.05, 4.69) is 11.2 Å². The second kappa shape index (κ2) is 4.74. The van der Waals surface area contributed by atoms with Gasteiger partial charge in [-0.05, 0) is 18.4 Å². The summed E-state index contributed by atoms with van der Waals surface area (Å²) in [5.41, 5.74) is 5.86. The molecule has 0 aromatic carbocycles. The molecule has 1 unspecified atom stereocenters. The first-order chi connectivity index (χ1) is 5.34. The van der Waals surface area contributed by atoms with E-state index in [1.165, 1.54) is 0 Å². The van der Waals surface area contributed by atoms with Crippen LogP contribution in [0.3, 0.4) is 0 Å². The standard InChI is InChI=1S/C7H12N2S2/c1-10-4-2-6(8)7-9-3-5-11-7/h3,5-6H,2,4,8H2,1H3. The lowest BCUT2D eigenvalue weighted by Crippen LogP contribution is -2.10. The van der Waals surface area contributed by atoms with Gasteiger partial charge in [0.25, 0.3) is 0 Å². The highest BCUT2D eigenvalue weighted by atomic mass is 32.2. The molecule has 0 aliphatic carbocycles. The molecule has 0 aliphatic heterocycles. The smallest absolute Gasteiger partial charge is 0.109 e. The van der Waals surface area contributed by atoms with Gasteiger partial charge in [-0.25, -0.2) is 4.98 Å². The van der Waals surface area contributed by atoms with Gasteiger partial charge >= 0.3 is 0 Å². The van der Waals surface area contributed by atoms with Crippen LogP contribution in [0.15, 0.2) is 11.6 Å². The van der Waals surface area contributed by atoms with E-state index in [-0.39, 0.29) is 6.04 Å². The van der Waals surface area contributed by atoms with Gasteiger partial charge in [-0.1, -0.05) is 0 Å². The summed E-state index contributed by atoms with van der Waals surface area (Å²) in [7, 11) is 0. The normalized spacial score (nSPS) is 13.3. The number of nitrogens with zero attached hydrogens (tertiary/aromatic N) is 1. The minimum atomic E-state index is 0.141. The van der Waals surface area contributed by atoms with Crippen LogP contribution in [0.4, 0.5) is 0 Å². The minimum Gasteiger partial charge on any atom is -0.322 e. The molecule has 0 spiro atoms. The maximum Gasteiger partial charge on any atom is 0.109 e. The van der Waals surface area contributed by atoms with Crippen molar-refractivity contribution in [1.29, 1.82) is 0 Å². The Hall–Kier alpha value is -0.0600. The first kappa shape index (κ1) is 9.03. The highest BCUT2D eigenvalue weighted by molar-refractivity contribution is 7.98. The molecular formula is C7H12N2S2. The Morgan fingerprint density at radius 3 is 3.18 bits per heavy atom. The molecule has 1 heterocycles. The van der Waals surface area contributed by atoms with Gasteiger partial charge in [-0.3, -0.25) is 0 Å². The van der Waals surface area contributed by atoms with Crippen molar-refractivity contribution in [3.63, 3.8) is 0 Å². The van der Waals surface area contributed by atoms with Crippen molar-refractivity contribution >= 4 is 23.1 Å². The van der Waals surface area contributed by atoms with Crippen LogP contribution in [0.2, 0.25) is 0 Å². The Kier molecular flexibility index (Phi) is 3.90. The van der Waals surface area contributed by atoms with Crippen LogP contribution in [-0.4, -0.2) is 17.0 Å². The average Bonchev–Trinajstić information content (AvgIpc) is 2.52. The summed E-state index contributed by atoms with van der Waals surface area (Å²) in [5, 5.41) is 3.02. The molecule has 0 fully saturated rings. The predicted molar refractivity (Wildman–Crippen MR) is 52.0 cm³/mol. The summed E-state index contributed by atoms with van der Waals surface area (Å²) in [6.45, 7) is 0. The van der Waals surface area contributed by atoms with Crippen molar-refractivity contribution in [3.05, 3.63) is 16.6 Å². The molecule has 1 aromatic heterocycles. The SMILES string of the molecule is CSCCC(N)c1nccs1. The van der Waals surface area contributed by atoms with Gasteiger partial charge in [0.2, 0.25) is 0 Å². The summed E-state index contributed by atoms with van der Waals surface area (Å²) in [4.78, 5) is 4.15. The molecule has 2 N–H and O–H groups in total. The first-order valence-corrected chi connectivity index (χ1v) is 5.76. The third kappa shape index (κ3) is 2.81. The van der Waals surface area contributed by atoms with E-state index in [9.17, 15) is 0 Å². The van der Waals surface area contributed by atoms with E-state index in [1.807, 2.05) is 17.1 Å². The molecule has 11 heavy (non-hydrogen) atoms. The van der Waals surface area contributed by atoms with Gasteiger partial charge < -0.3 is 5.73 Å². The van der Waals surface area contributed by atoms with Crippen molar-refractivity contribution in [3.8, 4) is 0 Å². The van der Waals surface area contributed by atoms with Crippen LogP contribution in [0, 0.1) is 0 Å². The average molecular weight is 188 g/mol. The summed E-state index contributed by atoms with van der Waals surface area (Å²) in [6, 6.07) is 0.141. The number of hydrogen-bond acceptors (Lipinski definition) is 4. The van der Waals surface area contributed by atoms with Crippen LogP contribution in [0.1, 0.15) is 17.5 Å². The second-order valence-corrected chi connectivity index (χ2v) is 4.17. The highest BCUT2D eigenvalue weighted by Crippen LogP contribution is 2.17. The number of thioether (sulfide) groups is 1. The van der Waals surface area contributed by atoms with Crippen molar-refractivity contribution < 1.29 is 0 Å². The lowest BCUT2D eigenvalue weighted by atomic mass is 10.2. The number of nitrogens with two attached hydrogens (primary N) is 1. The first-order valence-electron chi connectivity index (χ1n) is 3.48. The zero-order valence-electron chi connectivity index (χ0n) is 6.49. The van der Waals surface area contributed by atoms with Gasteiger partial charge in [-0.2, -0.15) is 11.8 Å². The molecule has 1 aromatic rings. The quantitative estimate of drug-likeness (QED) is 0.784. The topological polar surface area (TPSA) is 38.9 Å². The van der Waals surface area contributed by atoms with Crippen molar-refractivity contribution in [2.75, 3.05) is 12.0 Å². The summed E-state index contributed by atoms with van der Waals surface area (Å²) in [5.74, 6) is 1.11. The lowest BCUT2D eigenvalue weighted by Gasteiger charge is -2.05. The lowest BCUT2D eigenvalue weighted by molar-refractivity contribution is 0.699. The van der Waals surface area contributed by atoms with E-state index in [1.54, 1.807) is 17.5 Å². The molecule has 0 bridgehead atoms. The van der Waals surface area contributed by atoms with Gasteiger partial charge in [0, 0.05) is 11.6 Å². The van der Waals surface area contributed by atoms with E-state index in [0.29, 0.717) is 0 Å². The van der Waals surface area contributed by atoms with E-state index in [4.69, 9.17) is 5.73 Å². The zero-order valence-corrected chi connectivity index (χ0v) is 8.12. The third-order valence-corrected chi connectivity index (χ3v) is 2.95. The van der Waals surface area contributed by atoms with Crippen molar-refractivity contribution in [1.82, 2.24) is 4.98 Å². The molecule has 2 nitrogen and oxygen atoms in total. The molecule has 1 rings (SSSR count). The van der Waals surface area contributed by atoms with Crippen LogP contribution in [-0.2, 0) is 0 Å². The van der Waals surface area contributed by atoms with Crippen LogP contribution >= 0.6 is 23.1 Å². The Morgan fingerprint density at radius 1 is 1.82 bits per heavy atom. The number of rotatable bonds is 4. The zero-order chi connectivity index (χ0) is 8.10. The van der Waals surface area contributed by atoms with E-state index >= 15 is 0 Å². The molecule has 62 valence electrons. The van der Waals surface area contributed by atoms with E-state index in [0.717, 1.165) is 17.2 Å². The monoisotopic (exact) mass is 188 g/mol. The Balaban J connectivity index is 2.36. The Bertz CT molecular complexity index is 186. The van der Waals surface area contributed by atoms with Gasteiger partial charge in [0.1, 0.15) is 5.01 Å². The molecule has 0 aliphatic rings. The molecule has 1 atom stereocenters. The van der Waals surface area contributed by atoms with Gasteiger partial charge in [0.05, 0.1) is 6.04 Å². The molecule has 0 radical (unpaired) electrons. The number of aromatic nitrogens is 1. The Labute approximate surface area is 75.2 Å². The minimum absolute atomic E-state index is 0.141. The largest absolute Gasteiger partial charge is 0.322 e. The fourth-order valence-electron chi connectivity index (χ4n) is 0.786. The fraction of sp³-hybridized carbons (Fsp3) is 0.571. The predicted octanol–water partition coefficient (Wildman–Crippen LogP) is 1.90. The van der Waals surface area contributed by atoms with Crippen LogP contribution < -0.4 is 5.73 Å². The van der Waals surface area contributed by atoms with E-state index < -0.39 is 0 Å². The van der Waals surface area contributed by atoms with Gasteiger partial charge in [-0.15, -0.1) is 11.3 Å². The van der Waals surface area contributed by atoms with Crippen molar-refractivity contribution in [2.45, 2.75) is 12.5 Å². The molecular weight excluding hydrogens is 176 g/mol. The maximum atomic E-state index is 5.86. The summed E-state index contributed by atoms with van der Waals surface area (Å²) >= 11 is 3.46. The maximum absolute atomic E-state index is 5.86. The molecule has 0 amide bonds. The summed E-state index contributed by atoms with van der Waals surface area (Å²) in [6.07, 6.45) is 4.92. The number of thiazole rings is 1. The molecule has 0 saturated heterocycles. The van der Waals surface area contributed by atoms with Crippen LogP contribution in [0.5, 0.6) is 0 Å². The molecule has 4 heteroatoms.